The molecule has 6 heteroatoms. The highest BCUT2D eigenvalue weighted by Gasteiger charge is 2.34. The Morgan fingerprint density at radius 1 is 1.77 bits per heavy atom. The summed E-state index contributed by atoms with van der Waals surface area (Å²) in [7, 11) is 0. The third kappa shape index (κ3) is 2.98. The minimum Gasteiger partial charge on any atom is -0.459 e. The van der Waals surface area contributed by atoms with Gasteiger partial charge in [-0.25, -0.2) is 0 Å². The van der Waals surface area contributed by atoms with Crippen molar-refractivity contribution >= 4 is 5.97 Å². The number of esters is 1. The van der Waals surface area contributed by atoms with Crippen molar-refractivity contribution in [3.05, 3.63) is 10.1 Å². The first-order valence-electron chi connectivity index (χ1n) is 4.00. The van der Waals surface area contributed by atoms with Crippen molar-refractivity contribution in [3.63, 3.8) is 0 Å². The van der Waals surface area contributed by atoms with Crippen molar-refractivity contribution in [1.82, 2.24) is 0 Å². The fourth-order valence-electron chi connectivity index (χ4n) is 1.29. The van der Waals surface area contributed by atoms with E-state index in [1.54, 1.807) is 0 Å². The van der Waals surface area contributed by atoms with Gasteiger partial charge in [-0.2, -0.15) is 0 Å². The Hall–Kier alpha value is -1.17. The summed E-state index contributed by atoms with van der Waals surface area (Å²) >= 11 is 0. The fraction of sp³-hybridized carbons (Fsp3) is 0.857. The van der Waals surface area contributed by atoms with Gasteiger partial charge in [0.15, 0.2) is 6.10 Å². The molecule has 0 bridgehead atoms. The molecule has 2 atom stereocenters. The highest BCUT2D eigenvalue weighted by molar-refractivity contribution is 5.66. The van der Waals surface area contributed by atoms with Gasteiger partial charge in [0.1, 0.15) is 6.10 Å². The van der Waals surface area contributed by atoms with Gasteiger partial charge in [0.25, 0.3) is 0 Å². The summed E-state index contributed by atoms with van der Waals surface area (Å²) in [4.78, 5) is 20.3. The Kier molecular flexibility index (Phi) is 3.18. The predicted molar refractivity (Wildman–Crippen MR) is 41.8 cm³/mol. The lowest BCUT2D eigenvalue weighted by Gasteiger charge is -2.14. The van der Waals surface area contributed by atoms with Gasteiger partial charge >= 0.3 is 5.97 Å². The van der Waals surface area contributed by atoms with Crippen LogP contribution in [0.1, 0.15) is 13.3 Å². The molecule has 74 valence electrons. The number of carbonyl (C=O) groups excluding carboxylic acids is 1. The second-order valence-corrected chi connectivity index (χ2v) is 2.86. The van der Waals surface area contributed by atoms with E-state index in [0.29, 0.717) is 13.0 Å². The number of rotatable bonds is 3. The van der Waals surface area contributed by atoms with Crippen LogP contribution in [0.2, 0.25) is 0 Å². The summed E-state index contributed by atoms with van der Waals surface area (Å²) in [6.45, 7) is 1.38. The smallest absolute Gasteiger partial charge is 0.303 e. The first-order chi connectivity index (χ1) is 6.09. The van der Waals surface area contributed by atoms with Gasteiger partial charge in [0.05, 0.1) is 6.61 Å². The predicted octanol–water partition coefficient (Wildman–Crippen LogP) is -0.0163. The molecule has 0 spiro atoms. The van der Waals surface area contributed by atoms with Crippen LogP contribution in [-0.4, -0.2) is 36.3 Å². The molecule has 1 aliphatic heterocycles. The second kappa shape index (κ2) is 4.18. The lowest BCUT2D eigenvalue weighted by Crippen LogP contribution is -2.32. The first kappa shape index (κ1) is 9.91. The van der Waals surface area contributed by atoms with Gasteiger partial charge in [-0.3, -0.25) is 14.9 Å². The summed E-state index contributed by atoms with van der Waals surface area (Å²) < 4.78 is 9.91. The Labute approximate surface area is 75.0 Å². The number of hydrogen-bond acceptors (Lipinski definition) is 5. The lowest BCUT2D eigenvalue weighted by molar-refractivity contribution is -0.492. The lowest BCUT2D eigenvalue weighted by atomic mass is 10.2. The standard InChI is InChI=1S/C7H11NO5/c1-5(9)13-6-2-3-12-7(6)4-8(10)11/h6-7H,2-4H2,1H3. The minimum absolute atomic E-state index is 0.308. The minimum atomic E-state index is -0.584. The number of nitro groups is 1. The Morgan fingerprint density at radius 3 is 3.00 bits per heavy atom. The highest BCUT2D eigenvalue weighted by Crippen LogP contribution is 2.17. The molecule has 6 nitrogen and oxygen atoms in total. The van der Waals surface area contributed by atoms with E-state index in [4.69, 9.17) is 9.47 Å². The van der Waals surface area contributed by atoms with E-state index in [-0.39, 0.29) is 6.54 Å². The third-order valence-corrected chi connectivity index (χ3v) is 1.80. The van der Waals surface area contributed by atoms with Crippen LogP contribution in [0.15, 0.2) is 0 Å². The molecule has 0 saturated carbocycles. The largest absolute Gasteiger partial charge is 0.459 e. The Bertz CT molecular complexity index is 195. The molecule has 0 N–H and O–H groups in total. The summed E-state index contributed by atoms with van der Waals surface area (Å²) in [5, 5.41) is 10.2. The maximum absolute atomic E-state index is 10.6. The van der Waals surface area contributed by atoms with Gasteiger partial charge in [0, 0.05) is 18.3 Å². The molecule has 2 unspecified atom stereocenters. The molecule has 0 aromatic heterocycles. The monoisotopic (exact) mass is 189 g/mol. The summed E-state index contributed by atoms with van der Waals surface area (Å²) in [6, 6.07) is 0. The molecular weight excluding hydrogens is 178 g/mol. The summed E-state index contributed by atoms with van der Waals surface area (Å²) in [5.74, 6) is -0.427. The van der Waals surface area contributed by atoms with Crippen molar-refractivity contribution in [2.75, 3.05) is 13.2 Å². The first-order valence-corrected chi connectivity index (χ1v) is 4.00. The quantitative estimate of drug-likeness (QED) is 0.354. The van der Waals surface area contributed by atoms with Crippen LogP contribution in [0.5, 0.6) is 0 Å². The molecular formula is C7H11NO5. The van der Waals surface area contributed by atoms with Gasteiger partial charge in [-0.1, -0.05) is 0 Å². The molecule has 1 saturated heterocycles. The van der Waals surface area contributed by atoms with E-state index in [2.05, 4.69) is 0 Å². The van der Waals surface area contributed by atoms with Crippen molar-refractivity contribution in [3.8, 4) is 0 Å². The third-order valence-electron chi connectivity index (χ3n) is 1.80. The molecule has 0 aromatic carbocycles. The normalized spacial score (nSPS) is 27.2. The molecule has 0 aromatic rings. The van der Waals surface area contributed by atoms with Crippen molar-refractivity contribution < 1.29 is 19.2 Å². The number of ether oxygens (including phenoxy) is 2. The highest BCUT2D eigenvalue weighted by atomic mass is 16.6. The average molecular weight is 189 g/mol. The van der Waals surface area contributed by atoms with E-state index >= 15 is 0 Å². The summed E-state index contributed by atoms with van der Waals surface area (Å²) in [5.41, 5.74) is 0. The van der Waals surface area contributed by atoms with Crippen LogP contribution < -0.4 is 0 Å². The van der Waals surface area contributed by atoms with Crippen LogP contribution >= 0.6 is 0 Å². The zero-order chi connectivity index (χ0) is 9.84. The van der Waals surface area contributed by atoms with E-state index in [0.717, 1.165) is 0 Å². The zero-order valence-electron chi connectivity index (χ0n) is 7.26. The number of hydrogen-bond donors (Lipinski definition) is 0. The molecule has 1 rings (SSSR count). The van der Waals surface area contributed by atoms with Crippen LogP contribution in [0.25, 0.3) is 0 Å². The van der Waals surface area contributed by atoms with E-state index in [9.17, 15) is 14.9 Å². The van der Waals surface area contributed by atoms with Crippen molar-refractivity contribution in [1.29, 1.82) is 0 Å². The average Bonchev–Trinajstić information content (AvgIpc) is 2.34. The molecule has 1 aliphatic rings. The van der Waals surface area contributed by atoms with Gasteiger partial charge < -0.3 is 9.47 Å². The SMILES string of the molecule is CC(=O)OC1CCOC1C[N+](=O)[O-]. The number of nitrogens with zero attached hydrogens (tertiary/aromatic N) is 1. The molecule has 0 aliphatic carbocycles. The molecule has 1 heterocycles. The molecule has 0 radical (unpaired) electrons. The van der Waals surface area contributed by atoms with Crippen LogP contribution in [0, 0.1) is 10.1 Å². The Balaban J connectivity index is 2.43. The van der Waals surface area contributed by atoms with E-state index < -0.39 is 23.1 Å². The van der Waals surface area contributed by atoms with E-state index in [1.807, 2.05) is 0 Å². The second-order valence-electron chi connectivity index (χ2n) is 2.86. The van der Waals surface area contributed by atoms with Crippen molar-refractivity contribution in [2.24, 2.45) is 0 Å². The van der Waals surface area contributed by atoms with Gasteiger partial charge in [-0.15, -0.1) is 0 Å². The zero-order valence-corrected chi connectivity index (χ0v) is 7.26. The Morgan fingerprint density at radius 2 is 2.46 bits per heavy atom. The van der Waals surface area contributed by atoms with Crippen molar-refractivity contribution in [2.45, 2.75) is 25.6 Å². The maximum atomic E-state index is 10.6. The molecule has 0 amide bonds. The summed E-state index contributed by atoms with van der Waals surface area (Å²) in [6.07, 6.45) is -0.500. The fourth-order valence-corrected chi connectivity index (χ4v) is 1.29. The number of carbonyl (C=O) groups is 1. The van der Waals surface area contributed by atoms with Crippen LogP contribution in [0.4, 0.5) is 0 Å². The molecule has 1 fully saturated rings. The maximum Gasteiger partial charge on any atom is 0.303 e. The van der Waals surface area contributed by atoms with Gasteiger partial charge in [-0.05, 0) is 0 Å². The van der Waals surface area contributed by atoms with Gasteiger partial charge in [0.2, 0.25) is 6.54 Å². The van der Waals surface area contributed by atoms with Crippen LogP contribution in [0.3, 0.4) is 0 Å². The van der Waals surface area contributed by atoms with E-state index in [1.165, 1.54) is 6.92 Å². The topological polar surface area (TPSA) is 78.7 Å². The molecule has 13 heavy (non-hydrogen) atoms. The van der Waals surface area contributed by atoms with Crippen LogP contribution in [-0.2, 0) is 14.3 Å².